The molecule has 0 heterocycles. The molecule has 1 aliphatic carbocycles. The van der Waals surface area contributed by atoms with Gasteiger partial charge in [-0.25, -0.2) is 0 Å². The molecule has 31 heavy (non-hydrogen) atoms. The van der Waals surface area contributed by atoms with Gasteiger partial charge in [0.05, 0.1) is 18.4 Å². The first kappa shape index (κ1) is 25.6. The van der Waals surface area contributed by atoms with Crippen LogP contribution in [0.15, 0.2) is 30.3 Å². The molecule has 2 rings (SSSR count). The SMILES string of the molecule is CC(C)C(CP(=O)(O)C(CC1CCCCC1)NCN(C=O)Cc1ccccc1)C(=O)O. The van der Waals surface area contributed by atoms with Crippen LogP contribution in [0.5, 0.6) is 0 Å². The Labute approximate surface area is 185 Å². The molecule has 0 saturated heterocycles. The molecule has 0 bridgehead atoms. The van der Waals surface area contributed by atoms with Gasteiger partial charge in [-0.1, -0.05) is 76.3 Å². The first-order valence-corrected chi connectivity index (χ1v) is 13.1. The van der Waals surface area contributed by atoms with Crippen LogP contribution in [-0.2, 0) is 20.7 Å². The van der Waals surface area contributed by atoms with E-state index >= 15 is 0 Å². The quantitative estimate of drug-likeness (QED) is 0.236. The highest BCUT2D eigenvalue weighted by atomic mass is 31.2. The third-order valence-electron chi connectivity index (χ3n) is 6.26. The normalized spacial score (nSPS) is 18.8. The number of amides is 1. The molecule has 1 aromatic carbocycles. The molecular weight excluding hydrogens is 415 g/mol. The van der Waals surface area contributed by atoms with Gasteiger partial charge in [-0.2, -0.15) is 0 Å². The fourth-order valence-electron chi connectivity index (χ4n) is 4.28. The Hall–Kier alpha value is -1.69. The standard InChI is InChI=1S/C23H37N2O5P/c1-18(2)21(23(27)28)15-31(29,30)22(13-19-9-5-3-6-10-19)24-16-25(17-26)14-20-11-7-4-8-12-20/h4,7-8,11-12,17-19,21-22,24H,3,5-6,9-10,13-16H2,1-2H3,(H,27,28)(H,29,30). The Kier molecular flexibility index (Phi) is 10.2. The van der Waals surface area contributed by atoms with Crippen LogP contribution < -0.4 is 5.32 Å². The van der Waals surface area contributed by atoms with Crippen molar-refractivity contribution < 1.29 is 24.2 Å². The highest BCUT2D eigenvalue weighted by Crippen LogP contribution is 2.51. The van der Waals surface area contributed by atoms with Crippen molar-refractivity contribution in [2.24, 2.45) is 17.8 Å². The Bertz CT molecular complexity index is 737. The van der Waals surface area contributed by atoms with Gasteiger partial charge >= 0.3 is 5.97 Å². The number of carbonyl (C=O) groups is 2. The topological polar surface area (TPSA) is 107 Å². The largest absolute Gasteiger partial charge is 0.481 e. The number of nitrogens with one attached hydrogen (secondary N) is 1. The molecule has 0 spiro atoms. The highest BCUT2D eigenvalue weighted by molar-refractivity contribution is 7.58. The lowest BCUT2D eigenvalue weighted by molar-refractivity contribution is -0.142. The van der Waals surface area contributed by atoms with Crippen LogP contribution in [0.4, 0.5) is 0 Å². The Morgan fingerprint density at radius 1 is 1.23 bits per heavy atom. The van der Waals surface area contributed by atoms with Crippen LogP contribution in [-0.4, -0.2) is 45.9 Å². The van der Waals surface area contributed by atoms with Crippen molar-refractivity contribution in [2.75, 3.05) is 12.8 Å². The van der Waals surface area contributed by atoms with Crippen molar-refractivity contribution in [3.63, 3.8) is 0 Å². The molecule has 174 valence electrons. The van der Waals surface area contributed by atoms with E-state index in [0.717, 1.165) is 37.7 Å². The molecule has 1 amide bonds. The van der Waals surface area contributed by atoms with Gasteiger partial charge in [0.1, 0.15) is 0 Å². The maximum absolute atomic E-state index is 13.4. The first-order valence-electron chi connectivity index (χ1n) is 11.2. The van der Waals surface area contributed by atoms with E-state index in [9.17, 15) is 24.2 Å². The number of aliphatic carboxylic acids is 1. The maximum atomic E-state index is 13.4. The monoisotopic (exact) mass is 452 g/mol. The second-order valence-electron chi connectivity index (χ2n) is 9.08. The number of benzene rings is 1. The number of hydrogen-bond acceptors (Lipinski definition) is 4. The van der Waals surface area contributed by atoms with E-state index in [-0.39, 0.29) is 18.7 Å². The summed E-state index contributed by atoms with van der Waals surface area (Å²) < 4.78 is 13.4. The minimum absolute atomic E-state index is 0.139. The molecule has 0 aromatic heterocycles. The minimum Gasteiger partial charge on any atom is -0.481 e. The zero-order valence-electron chi connectivity index (χ0n) is 18.7. The van der Waals surface area contributed by atoms with Gasteiger partial charge in [-0.05, 0) is 23.8 Å². The van der Waals surface area contributed by atoms with Crippen molar-refractivity contribution in [1.82, 2.24) is 10.2 Å². The third-order valence-corrected chi connectivity index (χ3v) is 8.54. The molecule has 1 aliphatic rings. The molecule has 3 atom stereocenters. The maximum Gasteiger partial charge on any atom is 0.307 e. The lowest BCUT2D eigenvalue weighted by Crippen LogP contribution is -2.41. The molecule has 1 saturated carbocycles. The summed E-state index contributed by atoms with van der Waals surface area (Å²) in [6.45, 7) is 4.05. The zero-order chi connectivity index (χ0) is 22.9. The van der Waals surface area contributed by atoms with Gasteiger partial charge in [0.2, 0.25) is 13.8 Å². The van der Waals surface area contributed by atoms with Crippen LogP contribution >= 0.6 is 7.37 Å². The van der Waals surface area contributed by atoms with Crippen LogP contribution in [0, 0.1) is 17.8 Å². The Morgan fingerprint density at radius 2 is 1.87 bits per heavy atom. The van der Waals surface area contributed by atoms with Crippen molar-refractivity contribution >= 4 is 19.7 Å². The molecule has 0 aliphatic heterocycles. The summed E-state index contributed by atoms with van der Waals surface area (Å²) in [6.07, 6.45) is 6.46. The molecule has 1 fully saturated rings. The molecular formula is C23H37N2O5P. The van der Waals surface area contributed by atoms with Gasteiger partial charge < -0.3 is 14.9 Å². The lowest BCUT2D eigenvalue weighted by Gasteiger charge is -2.33. The summed E-state index contributed by atoms with van der Waals surface area (Å²) in [5.74, 6) is -2.54. The van der Waals surface area contributed by atoms with Gasteiger partial charge in [0, 0.05) is 12.7 Å². The number of hydrogen-bond donors (Lipinski definition) is 3. The summed E-state index contributed by atoms with van der Waals surface area (Å²) >= 11 is 0. The average Bonchev–Trinajstić information content (AvgIpc) is 2.75. The van der Waals surface area contributed by atoms with E-state index in [1.165, 1.54) is 11.3 Å². The summed E-state index contributed by atoms with van der Waals surface area (Å²) in [4.78, 5) is 35.7. The van der Waals surface area contributed by atoms with Gasteiger partial charge in [-0.15, -0.1) is 0 Å². The van der Waals surface area contributed by atoms with E-state index in [2.05, 4.69) is 5.32 Å². The second-order valence-corrected chi connectivity index (χ2v) is 11.6. The molecule has 3 N–H and O–H groups in total. The van der Waals surface area contributed by atoms with Crippen molar-refractivity contribution in [2.45, 2.75) is 64.7 Å². The molecule has 1 aromatic rings. The van der Waals surface area contributed by atoms with E-state index in [1.54, 1.807) is 13.8 Å². The second kappa shape index (κ2) is 12.4. The molecule has 3 unspecified atom stereocenters. The molecule has 0 radical (unpaired) electrons. The average molecular weight is 453 g/mol. The van der Waals surface area contributed by atoms with Gasteiger partial charge in [-0.3, -0.25) is 19.5 Å². The summed E-state index contributed by atoms with van der Waals surface area (Å²) in [6, 6.07) is 9.55. The lowest BCUT2D eigenvalue weighted by atomic mass is 9.87. The van der Waals surface area contributed by atoms with Crippen LogP contribution in [0.1, 0.15) is 57.9 Å². The number of carboxylic acids is 1. The van der Waals surface area contributed by atoms with Gasteiger partial charge in [0.25, 0.3) is 0 Å². The molecule has 7 nitrogen and oxygen atoms in total. The van der Waals surface area contributed by atoms with Crippen molar-refractivity contribution in [1.29, 1.82) is 0 Å². The van der Waals surface area contributed by atoms with Crippen LogP contribution in [0.2, 0.25) is 0 Å². The van der Waals surface area contributed by atoms with Gasteiger partial charge in [0.15, 0.2) is 0 Å². The van der Waals surface area contributed by atoms with E-state index in [1.807, 2.05) is 30.3 Å². The fraction of sp³-hybridized carbons (Fsp3) is 0.652. The number of carboxylic acid groups (broad SMARTS) is 1. The molecule has 8 heteroatoms. The highest BCUT2D eigenvalue weighted by Gasteiger charge is 2.38. The number of carbonyl (C=O) groups excluding carboxylic acids is 1. The van der Waals surface area contributed by atoms with Crippen molar-refractivity contribution in [3.05, 3.63) is 35.9 Å². The zero-order valence-corrected chi connectivity index (χ0v) is 19.5. The predicted molar refractivity (Wildman–Crippen MR) is 122 cm³/mol. The number of nitrogens with zero attached hydrogens (tertiary/aromatic N) is 1. The summed E-state index contributed by atoms with van der Waals surface area (Å²) in [5, 5.41) is 12.7. The summed E-state index contributed by atoms with van der Waals surface area (Å²) in [7, 11) is -3.82. The third kappa shape index (κ3) is 8.40. The minimum atomic E-state index is -3.82. The predicted octanol–water partition coefficient (Wildman–Crippen LogP) is 4.12. The first-order chi connectivity index (χ1) is 14.7. The summed E-state index contributed by atoms with van der Waals surface area (Å²) in [5.41, 5.74) is 0.971. The number of rotatable bonds is 13. The Morgan fingerprint density at radius 3 is 2.42 bits per heavy atom. The van der Waals surface area contributed by atoms with Crippen LogP contribution in [0.25, 0.3) is 0 Å². The van der Waals surface area contributed by atoms with E-state index in [0.29, 0.717) is 18.9 Å². The Balaban J connectivity index is 2.11. The van der Waals surface area contributed by atoms with Crippen LogP contribution in [0.3, 0.4) is 0 Å². The van der Waals surface area contributed by atoms with E-state index in [4.69, 9.17) is 0 Å². The van der Waals surface area contributed by atoms with Crippen molar-refractivity contribution in [3.8, 4) is 0 Å². The van der Waals surface area contributed by atoms with E-state index < -0.39 is 25.0 Å². The fourth-order valence-corrected chi connectivity index (χ4v) is 6.67. The smallest absolute Gasteiger partial charge is 0.307 e.